The van der Waals surface area contributed by atoms with Crippen molar-refractivity contribution < 1.29 is 32.2 Å². The van der Waals surface area contributed by atoms with Crippen molar-refractivity contribution in [2.45, 2.75) is 19.1 Å². The number of carboxylic acids is 1. The Morgan fingerprint density at radius 1 is 1.26 bits per heavy atom. The second-order valence-electron chi connectivity index (χ2n) is 5.56. The zero-order chi connectivity index (χ0) is 19.9. The van der Waals surface area contributed by atoms with E-state index in [4.69, 9.17) is 21.4 Å². The highest BCUT2D eigenvalue weighted by atomic mass is 35.5. The van der Waals surface area contributed by atoms with Gasteiger partial charge in [0.2, 0.25) is 0 Å². The molecule has 0 radical (unpaired) electrons. The van der Waals surface area contributed by atoms with Gasteiger partial charge in [-0.3, -0.25) is 0 Å². The van der Waals surface area contributed by atoms with Crippen LogP contribution in [-0.2, 0) is 11.0 Å². The number of hydrogen-bond acceptors (Lipinski definition) is 4. The highest BCUT2D eigenvalue weighted by Gasteiger charge is 2.37. The van der Waals surface area contributed by atoms with E-state index in [9.17, 15) is 22.4 Å². The summed E-state index contributed by atoms with van der Waals surface area (Å²) in [6.45, 7) is 1.40. The average Bonchev–Trinajstić information content (AvgIpc) is 2.95. The topological polar surface area (TPSA) is 77.2 Å². The van der Waals surface area contributed by atoms with E-state index < -0.39 is 34.6 Å². The lowest BCUT2D eigenvalue weighted by molar-refractivity contribution is -0.141. The molecule has 0 saturated carbocycles. The molecule has 3 rings (SSSR count). The fraction of sp³-hybridized carbons (Fsp3) is 0.188. The molecule has 142 valence electrons. The molecule has 0 aliphatic heterocycles. The molecular weight excluding hydrogens is 394 g/mol. The van der Waals surface area contributed by atoms with Crippen molar-refractivity contribution in [1.29, 1.82) is 0 Å². The number of nitrogens with zero attached hydrogens (tertiary/aromatic N) is 3. The maximum atomic E-state index is 13.8. The van der Waals surface area contributed by atoms with Crippen molar-refractivity contribution in [2.75, 3.05) is 0 Å². The molecule has 1 unspecified atom stereocenters. The molecule has 0 amide bonds. The van der Waals surface area contributed by atoms with E-state index in [1.54, 1.807) is 0 Å². The lowest BCUT2D eigenvalue weighted by atomic mass is 10.2. The molecular formula is C16H10ClF4N3O3. The van der Waals surface area contributed by atoms with E-state index >= 15 is 0 Å². The smallest absolute Gasteiger partial charge is 0.420 e. The predicted molar refractivity (Wildman–Crippen MR) is 86.4 cm³/mol. The third-order valence-electron chi connectivity index (χ3n) is 3.70. The molecule has 1 heterocycles. The van der Waals surface area contributed by atoms with E-state index in [0.717, 1.165) is 10.7 Å². The Kier molecular flexibility index (Phi) is 4.68. The van der Waals surface area contributed by atoms with Crippen LogP contribution in [0.4, 0.5) is 17.6 Å². The number of fused-ring (bicyclic) bond motifs is 1. The fourth-order valence-corrected chi connectivity index (χ4v) is 2.69. The van der Waals surface area contributed by atoms with Gasteiger partial charge >= 0.3 is 12.1 Å². The number of aromatic nitrogens is 3. The molecule has 27 heavy (non-hydrogen) atoms. The molecule has 0 spiro atoms. The van der Waals surface area contributed by atoms with Crippen molar-refractivity contribution in [1.82, 2.24) is 15.0 Å². The van der Waals surface area contributed by atoms with Gasteiger partial charge in [0.1, 0.15) is 34.4 Å². The number of aliphatic carboxylic acids is 1. The van der Waals surface area contributed by atoms with Crippen LogP contribution in [0.5, 0.6) is 11.5 Å². The van der Waals surface area contributed by atoms with Crippen LogP contribution < -0.4 is 4.74 Å². The normalized spacial score (nSPS) is 13.0. The van der Waals surface area contributed by atoms with E-state index in [-0.39, 0.29) is 11.5 Å². The summed E-state index contributed by atoms with van der Waals surface area (Å²) < 4.78 is 58.6. The standard InChI is InChI=1S/C16H10ClF4N3O3/c1-7(15(25)26)24-13-6-8(2-3-12(13)22-23-24)27-9-4-10(17)14(11(18)5-9)16(19,20)21/h2-7H,1H3,(H,25,26). The average molecular weight is 404 g/mol. The van der Waals surface area contributed by atoms with Crippen molar-refractivity contribution in [3.63, 3.8) is 0 Å². The van der Waals surface area contributed by atoms with Gasteiger partial charge in [-0.2, -0.15) is 13.2 Å². The van der Waals surface area contributed by atoms with E-state index in [1.165, 1.54) is 25.1 Å². The summed E-state index contributed by atoms with van der Waals surface area (Å²) in [5, 5.41) is 15.8. The summed E-state index contributed by atoms with van der Waals surface area (Å²) in [5.41, 5.74) is -0.877. The van der Waals surface area contributed by atoms with Crippen LogP contribution in [0.2, 0.25) is 5.02 Å². The lowest BCUT2D eigenvalue weighted by Gasteiger charge is -2.13. The van der Waals surface area contributed by atoms with Crippen molar-refractivity contribution in [3.05, 3.63) is 46.7 Å². The lowest BCUT2D eigenvalue weighted by Crippen LogP contribution is -2.16. The van der Waals surface area contributed by atoms with Gasteiger partial charge in [0.05, 0.1) is 10.5 Å². The number of ether oxygens (including phenoxy) is 1. The van der Waals surface area contributed by atoms with Crippen LogP contribution >= 0.6 is 11.6 Å². The Hall–Kier alpha value is -2.88. The monoisotopic (exact) mass is 403 g/mol. The fourth-order valence-electron chi connectivity index (χ4n) is 2.39. The van der Waals surface area contributed by atoms with E-state index in [0.29, 0.717) is 17.1 Å². The number of alkyl halides is 3. The van der Waals surface area contributed by atoms with Crippen molar-refractivity contribution >= 4 is 28.6 Å². The predicted octanol–water partition coefficient (Wildman–Crippen LogP) is 4.68. The molecule has 1 atom stereocenters. The van der Waals surface area contributed by atoms with E-state index in [1.807, 2.05) is 0 Å². The zero-order valence-electron chi connectivity index (χ0n) is 13.5. The number of halogens is 5. The summed E-state index contributed by atoms with van der Waals surface area (Å²) in [7, 11) is 0. The largest absolute Gasteiger partial charge is 0.480 e. The zero-order valence-corrected chi connectivity index (χ0v) is 14.2. The van der Waals surface area contributed by atoms with Crippen LogP contribution in [0.1, 0.15) is 18.5 Å². The molecule has 11 heteroatoms. The Labute approximate surface area is 153 Å². The summed E-state index contributed by atoms with van der Waals surface area (Å²) in [5.74, 6) is -2.85. The molecule has 2 aromatic carbocycles. The SMILES string of the molecule is CC(C(=O)O)n1nnc2ccc(Oc3cc(F)c(C(F)(F)F)c(Cl)c3)cc21. The van der Waals surface area contributed by atoms with Crippen LogP contribution in [0.3, 0.4) is 0 Å². The molecule has 0 aliphatic rings. The van der Waals surface area contributed by atoms with Gasteiger partial charge in [0.15, 0.2) is 0 Å². The van der Waals surface area contributed by atoms with Crippen LogP contribution in [0, 0.1) is 5.82 Å². The highest BCUT2D eigenvalue weighted by Crippen LogP contribution is 2.39. The van der Waals surface area contributed by atoms with Gasteiger partial charge < -0.3 is 9.84 Å². The van der Waals surface area contributed by atoms with Gasteiger partial charge in [-0.15, -0.1) is 5.10 Å². The van der Waals surface area contributed by atoms with Crippen molar-refractivity contribution in [3.8, 4) is 11.5 Å². The summed E-state index contributed by atoms with van der Waals surface area (Å²) in [6.07, 6.45) is -4.94. The highest BCUT2D eigenvalue weighted by molar-refractivity contribution is 6.31. The molecule has 1 N–H and O–H groups in total. The maximum absolute atomic E-state index is 13.8. The summed E-state index contributed by atoms with van der Waals surface area (Å²) in [6, 6.07) is 4.68. The second-order valence-corrected chi connectivity index (χ2v) is 5.97. The first kappa shape index (κ1) is 18.9. The minimum atomic E-state index is -4.94. The van der Waals surface area contributed by atoms with Crippen molar-refractivity contribution in [2.24, 2.45) is 0 Å². The number of carboxylic acid groups (broad SMARTS) is 1. The third-order valence-corrected chi connectivity index (χ3v) is 4.00. The van der Waals surface area contributed by atoms with Crippen LogP contribution in [-0.4, -0.2) is 26.1 Å². The summed E-state index contributed by atoms with van der Waals surface area (Å²) >= 11 is 5.54. The summed E-state index contributed by atoms with van der Waals surface area (Å²) in [4.78, 5) is 11.1. The first-order chi connectivity index (χ1) is 12.6. The minimum absolute atomic E-state index is 0.110. The third kappa shape index (κ3) is 3.65. The van der Waals surface area contributed by atoms with Gasteiger partial charge in [-0.1, -0.05) is 16.8 Å². The second kappa shape index (κ2) is 6.69. The molecule has 3 aromatic rings. The van der Waals surface area contributed by atoms with Gasteiger partial charge in [-0.05, 0) is 19.1 Å². The Bertz CT molecular complexity index is 1010. The number of rotatable bonds is 4. The molecule has 0 aliphatic carbocycles. The number of hydrogen-bond donors (Lipinski definition) is 1. The van der Waals surface area contributed by atoms with Crippen LogP contribution in [0.15, 0.2) is 30.3 Å². The molecule has 1 aromatic heterocycles. The first-order valence-corrected chi connectivity index (χ1v) is 7.77. The number of benzene rings is 2. The van der Waals surface area contributed by atoms with Gasteiger partial charge in [0, 0.05) is 18.2 Å². The first-order valence-electron chi connectivity index (χ1n) is 7.40. The van der Waals surface area contributed by atoms with E-state index in [2.05, 4.69) is 10.3 Å². The molecule has 0 saturated heterocycles. The van der Waals surface area contributed by atoms with Crippen LogP contribution in [0.25, 0.3) is 11.0 Å². The maximum Gasteiger partial charge on any atom is 0.420 e. The Balaban J connectivity index is 1.98. The van der Waals surface area contributed by atoms with Gasteiger partial charge in [-0.25, -0.2) is 13.9 Å². The quantitative estimate of drug-likeness (QED) is 0.640. The molecule has 0 fully saturated rings. The van der Waals surface area contributed by atoms with Gasteiger partial charge in [0.25, 0.3) is 0 Å². The Morgan fingerprint density at radius 3 is 2.56 bits per heavy atom. The molecule has 0 bridgehead atoms. The number of carbonyl (C=O) groups is 1. The minimum Gasteiger partial charge on any atom is -0.480 e. The Morgan fingerprint density at radius 2 is 1.96 bits per heavy atom. The molecule has 6 nitrogen and oxygen atoms in total.